The highest BCUT2D eigenvalue weighted by Gasteiger charge is 2.22. The van der Waals surface area contributed by atoms with Crippen molar-refractivity contribution in [1.82, 2.24) is 4.98 Å². The molecule has 108 valence electrons. The third kappa shape index (κ3) is 2.75. The molecule has 0 saturated heterocycles. The van der Waals surface area contributed by atoms with Crippen LogP contribution in [0.3, 0.4) is 0 Å². The molecule has 1 aromatic heterocycles. The van der Waals surface area contributed by atoms with Crippen LogP contribution in [0.1, 0.15) is 11.1 Å². The van der Waals surface area contributed by atoms with Crippen LogP contribution in [-0.4, -0.2) is 13.4 Å². The van der Waals surface area contributed by atoms with E-state index in [1.165, 1.54) is 0 Å². The van der Waals surface area contributed by atoms with Crippen LogP contribution in [0.2, 0.25) is 0 Å². The number of anilines is 1. The van der Waals surface area contributed by atoms with Crippen LogP contribution >= 0.6 is 0 Å². The Bertz CT molecular complexity index is 914. The Morgan fingerprint density at radius 1 is 1.19 bits per heavy atom. The van der Waals surface area contributed by atoms with E-state index >= 15 is 0 Å². The van der Waals surface area contributed by atoms with Crippen molar-refractivity contribution in [2.45, 2.75) is 17.9 Å². The molecule has 0 radical (unpaired) electrons. The maximum absolute atomic E-state index is 12.4. The molecule has 2 aromatic carbocycles. The van der Waals surface area contributed by atoms with Crippen molar-refractivity contribution in [1.29, 1.82) is 0 Å². The molecule has 5 nitrogen and oxygen atoms in total. The average molecular weight is 302 g/mol. The van der Waals surface area contributed by atoms with Gasteiger partial charge in [-0.05, 0) is 24.6 Å². The number of nitrogens with two attached hydrogens (primary N) is 1. The Morgan fingerprint density at radius 3 is 2.76 bits per heavy atom. The highest BCUT2D eigenvalue weighted by atomic mass is 32.2. The van der Waals surface area contributed by atoms with E-state index in [-0.39, 0.29) is 11.0 Å². The predicted molar refractivity (Wildman–Crippen MR) is 80.5 cm³/mol. The normalized spacial score (nSPS) is 11.9. The number of aromatic nitrogens is 1. The van der Waals surface area contributed by atoms with Gasteiger partial charge in [-0.25, -0.2) is 8.42 Å². The van der Waals surface area contributed by atoms with E-state index in [1.54, 1.807) is 24.3 Å². The summed E-state index contributed by atoms with van der Waals surface area (Å²) in [5, 5.41) is -0.274. The van der Waals surface area contributed by atoms with E-state index < -0.39 is 9.84 Å². The van der Waals surface area contributed by atoms with Gasteiger partial charge in [0, 0.05) is 11.8 Å². The summed E-state index contributed by atoms with van der Waals surface area (Å²) in [5.41, 5.74) is 8.71. The van der Waals surface area contributed by atoms with Crippen LogP contribution in [0.25, 0.3) is 11.1 Å². The monoisotopic (exact) mass is 302 g/mol. The molecular formula is C15H14N2O3S. The number of fused-ring (bicyclic) bond motifs is 1. The van der Waals surface area contributed by atoms with Gasteiger partial charge in [0.2, 0.25) is 9.84 Å². The zero-order valence-corrected chi connectivity index (χ0v) is 12.2. The first-order valence-corrected chi connectivity index (χ1v) is 8.04. The van der Waals surface area contributed by atoms with Crippen molar-refractivity contribution >= 4 is 26.6 Å². The maximum Gasteiger partial charge on any atom is 0.316 e. The smallest absolute Gasteiger partial charge is 0.316 e. The highest BCUT2D eigenvalue weighted by Crippen LogP contribution is 2.23. The molecule has 0 unspecified atom stereocenters. The lowest BCUT2D eigenvalue weighted by Gasteiger charge is -2.01. The van der Waals surface area contributed by atoms with Crippen molar-refractivity contribution in [3.63, 3.8) is 0 Å². The summed E-state index contributed by atoms with van der Waals surface area (Å²) in [5.74, 6) is -0.142. The Labute approximate surface area is 122 Å². The van der Waals surface area contributed by atoms with Gasteiger partial charge in [-0.1, -0.05) is 29.8 Å². The molecule has 0 aliphatic rings. The molecule has 0 atom stereocenters. The lowest BCUT2D eigenvalue weighted by Crippen LogP contribution is -2.05. The van der Waals surface area contributed by atoms with Crippen LogP contribution in [-0.2, 0) is 15.6 Å². The Morgan fingerprint density at radius 2 is 2.00 bits per heavy atom. The SMILES string of the molecule is Cc1cccc(CS(=O)(=O)c2nc3ccc(N)cc3o2)c1. The number of benzene rings is 2. The van der Waals surface area contributed by atoms with Gasteiger partial charge < -0.3 is 10.2 Å². The number of nitrogens with zero attached hydrogens (tertiary/aromatic N) is 1. The average Bonchev–Trinajstić information content (AvgIpc) is 2.82. The summed E-state index contributed by atoms with van der Waals surface area (Å²) in [4.78, 5) is 4.03. The molecule has 3 aromatic rings. The zero-order valence-electron chi connectivity index (χ0n) is 11.4. The molecule has 0 saturated carbocycles. The fourth-order valence-electron chi connectivity index (χ4n) is 2.14. The molecule has 1 heterocycles. The number of rotatable bonds is 3. The molecule has 0 spiro atoms. The summed E-state index contributed by atoms with van der Waals surface area (Å²) < 4.78 is 30.1. The van der Waals surface area contributed by atoms with E-state index in [2.05, 4.69) is 4.98 Å². The molecule has 0 fully saturated rings. The Hall–Kier alpha value is -2.34. The van der Waals surface area contributed by atoms with Gasteiger partial charge in [0.25, 0.3) is 0 Å². The van der Waals surface area contributed by atoms with Gasteiger partial charge in [-0.3, -0.25) is 0 Å². The van der Waals surface area contributed by atoms with Gasteiger partial charge in [-0.2, -0.15) is 4.98 Å². The predicted octanol–water partition coefficient (Wildman–Crippen LogP) is 2.69. The van der Waals surface area contributed by atoms with E-state index in [0.717, 1.165) is 5.56 Å². The highest BCUT2D eigenvalue weighted by molar-refractivity contribution is 7.90. The van der Waals surface area contributed by atoms with Crippen molar-refractivity contribution in [3.8, 4) is 0 Å². The van der Waals surface area contributed by atoms with E-state index in [0.29, 0.717) is 22.4 Å². The van der Waals surface area contributed by atoms with Crippen molar-refractivity contribution in [2.24, 2.45) is 0 Å². The first-order valence-electron chi connectivity index (χ1n) is 6.38. The van der Waals surface area contributed by atoms with Gasteiger partial charge in [0.05, 0.1) is 5.75 Å². The van der Waals surface area contributed by atoms with E-state index in [9.17, 15) is 8.42 Å². The Kier molecular flexibility index (Phi) is 3.17. The van der Waals surface area contributed by atoms with Gasteiger partial charge in [-0.15, -0.1) is 0 Å². The lowest BCUT2D eigenvalue weighted by atomic mass is 10.2. The Balaban J connectivity index is 2.00. The van der Waals surface area contributed by atoms with Crippen molar-refractivity contribution < 1.29 is 12.8 Å². The fourth-order valence-corrected chi connectivity index (χ4v) is 3.33. The number of oxazole rings is 1. The summed E-state index contributed by atoms with van der Waals surface area (Å²) in [6, 6.07) is 12.2. The molecule has 0 bridgehead atoms. The number of sulfone groups is 1. The first kappa shape index (κ1) is 13.6. The van der Waals surface area contributed by atoms with Gasteiger partial charge >= 0.3 is 5.22 Å². The molecule has 6 heteroatoms. The summed E-state index contributed by atoms with van der Waals surface area (Å²) in [6.07, 6.45) is 0. The van der Waals surface area contributed by atoms with Crippen LogP contribution < -0.4 is 5.73 Å². The first-order chi connectivity index (χ1) is 9.94. The molecule has 2 N–H and O–H groups in total. The third-order valence-electron chi connectivity index (χ3n) is 3.10. The quantitative estimate of drug-likeness (QED) is 0.752. The molecule has 0 aliphatic heterocycles. The van der Waals surface area contributed by atoms with Crippen molar-refractivity contribution in [2.75, 3.05) is 5.73 Å². The minimum atomic E-state index is -3.62. The van der Waals surface area contributed by atoms with Crippen molar-refractivity contribution in [3.05, 3.63) is 53.6 Å². The van der Waals surface area contributed by atoms with E-state index in [1.807, 2.05) is 25.1 Å². The number of aryl methyl sites for hydroxylation is 1. The second kappa shape index (κ2) is 4.89. The van der Waals surface area contributed by atoms with Crippen LogP contribution in [0.4, 0.5) is 5.69 Å². The standard InChI is InChI=1S/C15H14N2O3S/c1-10-3-2-4-11(7-10)9-21(18,19)15-17-13-6-5-12(16)8-14(13)20-15/h2-8H,9,16H2,1H3. The van der Waals surface area contributed by atoms with Crippen LogP contribution in [0.15, 0.2) is 52.1 Å². The number of hydrogen-bond donors (Lipinski definition) is 1. The topological polar surface area (TPSA) is 86.2 Å². The second-order valence-electron chi connectivity index (χ2n) is 4.96. The van der Waals surface area contributed by atoms with Gasteiger partial charge in [0.15, 0.2) is 5.58 Å². The maximum atomic E-state index is 12.4. The summed E-state index contributed by atoms with van der Waals surface area (Å²) in [6.45, 7) is 1.92. The summed E-state index contributed by atoms with van der Waals surface area (Å²) in [7, 11) is -3.62. The molecule has 21 heavy (non-hydrogen) atoms. The van der Waals surface area contributed by atoms with Crippen LogP contribution in [0, 0.1) is 6.92 Å². The molecule has 3 rings (SSSR count). The minimum absolute atomic E-state index is 0.142. The lowest BCUT2D eigenvalue weighted by molar-refractivity contribution is 0.458. The molecular weight excluding hydrogens is 288 g/mol. The number of hydrogen-bond acceptors (Lipinski definition) is 5. The van der Waals surface area contributed by atoms with Crippen LogP contribution in [0.5, 0.6) is 0 Å². The third-order valence-corrected chi connectivity index (χ3v) is 4.52. The van der Waals surface area contributed by atoms with Gasteiger partial charge in [0.1, 0.15) is 5.52 Å². The molecule has 0 amide bonds. The minimum Gasteiger partial charge on any atom is -0.428 e. The zero-order chi connectivity index (χ0) is 15.0. The summed E-state index contributed by atoms with van der Waals surface area (Å²) >= 11 is 0. The second-order valence-corrected chi connectivity index (χ2v) is 6.82. The fraction of sp³-hybridized carbons (Fsp3) is 0.133. The largest absolute Gasteiger partial charge is 0.428 e. The molecule has 0 aliphatic carbocycles. The number of nitrogen functional groups attached to an aromatic ring is 1. The van der Waals surface area contributed by atoms with E-state index in [4.69, 9.17) is 10.2 Å².